The lowest BCUT2D eigenvalue weighted by atomic mass is 10.2. The summed E-state index contributed by atoms with van der Waals surface area (Å²) in [5, 5.41) is 3.66. The van der Waals surface area contributed by atoms with Crippen molar-refractivity contribution >= 4 is 11.6 Å². The van der Waals surface area contributed by atoms with E-state index in [1.807, 2.05) is 0 Å². The van der Waals surface area contributed by atoms with Crippen molar-refractivity contribution in [1.82, 2.24) is 14.8 Å². The molecule has 90 valence electrons. The Hall–Kier alpha value is -1.56. The Balaban J connectivity index is 2.52. The number of halogens is 4. The molecule has 0 amide bonds. The van der Waals surface area contributed by atoms with E-state index >= 15 is 0 Å². The standard InChI is InChI=1S/C10H7ClF3N3/c1-6-4-15-17(5-6)9-3-7(10(12,13)14)2-8(11)16-9/h2-5H,1H3. The van der Waals surface area contributed by atoms with Gasteiger partial charge in [0, 0.05) is 6.20 Å². The fourth-order valence-corrected chi connectivity index (χ4v) is 1.51. The molecule has 2 heterocycles. The second-order valence-corrected chi connectivity index (χ2v) is 3.88. The number of aryl methyl sites for hydroxylation is 1. The van der Waals surface area contributed by atoms with Crippen molar-refractivity contribution in [2.45, 2.75) is 13.1 Å². The quantitative estimate of drug-likeness (QED) is 0.738. The number of alkyl halides is 3. The monoisotopic (exact) mass is 261 g/mol. The van der Waals surface area contributed by atoms with E-state index in [0.29, 0.717) is 0 Å². The molecule has 0 spiro atoms. The Morgan fingerprint density at radius 1 is 1.29 bits per heavy atom. The smallest absolute Gasteiger partial charge is 0.222 e. The number of nitrogens with zero attached hydrogens (tertiary/aromatic N) is 3. The first-order chi connectivity index (χ1) is 7.86. The van der Waals surface area contributed by atoms with E-state index in [2.05, 4.69) is 10.1 Å². The Kier molecular flexibility index (Phi) is 2.82. The molecule has 0 aliphatic heterocycles. The molecular formula is C10H7ClF3N3. The molecule has 0 saturated heterocycles. The summed E-state index contributed by atoms with van der Waals surface area (Å²) in [5.41, 5.74) is -0.0269. The molecule has 7 heteroatoms. The second kappa shape index (κ2) is 4.03. The zero-order valence-electron chi connectivity index (χ0n) is 8.66. The molecular weight excluding hydrogens is 255 g/mol. The Morgan fingerprint density at radius 3 is 2.53 bits per heavy atom. The molecule has 0 aliphatic rings. The molecule has 0 saturated carbocycles. The van der Waals surface area contributed by atoms with Gasteiger partial charge in [-0.25, -0.2) is 9.67 Å². The van der Waals surface area contributed by atoms with Crippen LogP contribution in [0.2, 0.25) is 5.15 Å². The highest BCUT2D eigenvalue weighted by Gasteiger charge is 2.31. The molecule has 2 aromatic rings. The maximum atomic E-state index is 12.6. The number of aromatic nitrogens is 3. The van der Waals surface area contributed by atoms with Crippen LogP contribution < -0.4 is 0 Å². The van der Waals surface area contributed by atoms with Crippen LogP contribution >= 0.6 is 11.6 Å². The van der Waals surface area contributed by atoms with Gasteiger partial charge in [0.2, 0.25) is 0 Å². The third-order valence-corrected chi connectivity index (χ3v) is 2.25. The summed E-state index contributed by atoms with van der Waals surface area (Å²) in [7, 11) is 0. The van der Waals surface area contributed by atoms with Crippen molar-refractivity contribution in [1.29, 1.82) is 0 Å². The van der Waals surface area contributed by atoms with Gasteiger partial charge in [0.15, 0.2) is 5.82 Å². The van der Waals surface area contributed by atoms with Gasteiger partial charge in [0.1, 0.15) is 5.15 Å². The number of hydrogen-bond acceptors (Lipinski definition) is 2. The normalized spacial score (nSPS) is 11.8. The van der Waals surface area contributed by atoms with Gasteiger partial charge in [-0.05, 0) is 24.6 Å². The van der Waals surface area contributed by atoms with E-state index in [-0.39, 0.29) is 11.0 Å². The van der Waals surface area contributed by atoms with E-state index in [0.717, 1.165) is 17.7 Å². The third kappa shape index (κ3) is 2.58. The zero-order chi connectivity index (χ0) is 12.6. The number of pyridine rings is 1. The molecule has 0 aliphatic carbocycles. The molecule has 17 heavy (non-hydrogen) atoms. The molecule has 0 radical (unpaired) electrons. The van der Waals surface area contributed by atoms with Crippen LogP contribution in [-0.4, -0.2) is 14.8 Å². The lowest BCUT2D eigenvalue weighted by molar-refractivity contribution is -0.137. The Morgan fingerprint density at radius 2 is 2.00 bits per heavy atom. The minimum absolute atomic E-state index is 0.0397. The highest BCUT2D eigenvalue weighted by molar-refractivity contribution is 6.29. The molecule has 0 unspecified atom stereocenters. The highest BCUT2D eigenvalue weighted by Crippen LogP contribution is 2.31. The van der Waals surface area contributed by atoms with Crippen LogP contribution in [0.3, 0.4) is 0 Å². The lowest BCUT2D eigenvalue weighted by Gasteiger charge is -2.08. The van der Waals surface area contributed by atoms with Crippen LogP contribution in [0, 0.1) is 6.92 Å². The Labute approximate surface area is 99.8 Å². The van der Waals surface area contributed by atoms with Crippen molar-refractivity contribution in [2.24, 2.45) is 0 Å². The van der Waals surface area contributed by atoms with Gasteiger partial charge >= 0.3 is 6.18 Å². The van der Waals surface area contributed by atoms with Gasteiger partial charge in [0.25, 0.3) is 0 Å². The van der Waals surface area contributed by atoms with Crippen LogP contribution in [0.15, 0.2) is 24.5 Å². The van der Waals surface area contributed by atoms with Crippen molar-refractivity contribution in [3.8, 4) is 5.82 Å². The van der Waals surface area contributed by atoms with E-state index in [4.69, 9.17) is 11.6 Å². The minimum Gasteiger partial charge on any atom is -0.222 e. The average molecular weight is 262 g/mol. The van der Waals surface area contributed by atoms with Crippen LogP contribution in [0.4, 0.5) is 13.2 Å². The fourth-order valence-electron chi connectivity index (χ4n) is 1.30. The van der Waals surface area contributed by atoms with E-state index in [9.17, 15) is 13.2 Å². The highest BCUT2D eigenvalue weighted by atomic mass is 35.5. The minimum atomic E-state index is -4.45. The largest absolute Gasteiger partial charge is 0.416 e. The maximum Gasteiger partial charge on any atom is 0.416 e. The number of rotatable bonds is 1. The molecule has 0 aromatic carbocycles. The van der Waals surface area contributed by atoms with E-state index in [1.165, 1.54) is 10.9 Å². The Bertz CT molecular complexity index is 548. The van der Waals surface area contributed by atoms with Crippen LogP contribution in [-0.2, 0) is 6.18 Å². The topological polar surface area (TPSA) is 30.7 Å². The van der Waals surface area contributed by atoms with Gasteiger partial charge in [0.05, 0.1) is 11.8 Å². The molecule has 0 N–H and O–H groups in total. The average Bonchev–Trinajstić information content (AvgIpc) is 2.62. The SMILES string of the molecule is Cc1cnn(-c2cc(C(F)(F)F)cc(Cl)n2)c1. The molecule has 3 nitrogen and oxygen atoms in total. The summed E-state index contributed by atoms with van der Waals surface area (Å²) >= 11 is 5.56. The van der Waals surface area contributed by atoms with Gasteiger partial charge in [-0.3, -0.25) is 0 Å². The summed E-state index contributed by atoms with van der Waals surface area (Å²) < 4.78 is 38.9. The summed E-state index contributed by atoms with van der Waals surface area (Å²) in [5.74, 6) is 0.0397. The first kappa shape index (κ1) is 11.9. The molecule has 0 atom stereocenters. The van der Waals surface area contributed by atoms with Crippen molar-refractivity contribution in [3.63, 3.8) is 0 Å². The van der Waals surface area contributed by atoms with Gasteiger partial charge in [-0.1, -0.05) is 11.6 Å². The first-order valence-corrected chi connectivity index (χ1v) is 5.00. The summed E-state index contributed by atoms with van der Waals surface area (Å²) in [6, 6.07) is 1.68. The summed E-state index contributed by atoms with van der Waals surface area (Å²) in [6.45, 7) is 1.78. The summed E-state index contributed by atoms with van der Waals surface area (Å²) in [6.07, 6.45) is -1.36. The van der Waals surface area contributed by atoms with Gasteiger partial charge in [-0.2, -0.15) is 18.3 Å². The zero-order valence-corrected chi connectivity index (χ0v) is 9.42. The third-order valence-electron chi connectivity index (χ3n) is 2.05. The van der Waals surface area contributed by atoms with E-state index in [1.54, 1.807) is 13.1 Å². The second-order valence-electron chi connectivity index (χ2n) is 3.50. The van der Waals surface area contributed by atoms with Crippen LogP contribution in [0.5, 0.6) is 0 Å². The first-order valence-electron chi connectivity index (χ1n) is 4.63. The molecule has 0 bridgehead atoms. The fraction of sp³-hybridized carbons (Fsp3) is 0.200. The predicted molar refractivity (Wildman–Crippen MR) is 56.1 cm³/mol. The molecule has 2 aromatic heterocycles. The number of hydrogen-bond donors (Lipinski definition) is 0. The van der Waals surface area contributed by atoms with Gasteiger partial charge in [-0.15, -0.1) is 0 Å². The molecule has 2 rings (SSSR count). The van der Waals surface area contributed by atoms with Crippen LogP contribution in [0.25, 0.3) is 5.82 Å². The van der Waals surface area contributed by atoms with Crippen LogP contribution in [0.1, 0.15) is 11.1 Å². The lowest BCUT2D eigenvalue weighted by Crippen LogP contribution is -2.08. The van der Waals surface area contributed by atoms with Gasteiger partial charge < -0.3 is 0 Å². The van der Waals surface area contributed by atoms with Crippen molar-refractivity contribution < 1.29 is 13.2 Å². The van der Waals surface area contributed by atoms with E-state index < -0.39 is 11.7 Å². The maximum absolute atomic E-state index is 12.6. The van der Waals surface area contributed by atoms with Crippen molar-refractivity contribution in [3.05, 3.63) is 40.8 Å². The molecule has 0 fully saturated rings. The predicted octanol–water partition coefficient (Wildman–Crippen LogP) is 3.25. The summed E-state index contributed by atoms with van der Waals surface area (Å²) in [4.78, 5) is 3.80. The van der Waals surface area contributed by atoms with Crippen molar-refractivity contribution in [2.75, 3.05) is 0 Å².